The van der Waals surface area contributed by atoms with E-state index in [1.165, 1.54) is 0 Å². The molecule has 0 saturated heterocycles. The number of Topliss-reactive ketones (excluding diaryl/α,β-unsaturated/α-hetero) is 1. The molecule has 0 heterocycles. The summed E-state index contributed by atoms with van der Waals surface area (Å²) < 4.78 is 0. The molecule has 0 aliphatic heterocycles. The van der Waals surface area contributed by atoms with Gasteiger partial charge in [0.1, 0.15) is 11.8 Å². The van der Waals surface area contributed by atoms with Crippen LogP contribution in [0.25, 0.3) is 0 Å². The van der Waals surface area contributed by atoms with Gasteiger partial charge >= 0.3 is 0 Å². The third-order valence-corrected chi connectivity index (χ3v) is 5.45. The standard InChI is InChI=1S/C17H28N2O/c1-7-16(5,8-2)13(11-18)15(20)14(12-19)17(6,9-3)10-4/h13-14H,7-10H2,1-6H3. The van der Waals surface area contributed by atoms with Gasteiger partial charge in [-0.15, -0.1) is 0 Å². The summed E-state index contributed by atoms with van der Waals surface area (Å²) in [5.74, 6) is -1.58. The summed E-state index contributed by atoms with van der Waals surface area (Å²) >= 11 is 0. The average molecular weight is 276 g/mol. The molecule has 112 valence electrons. The summed E-state index contributed by atoms with van der Waals surface area (Å²) in [7, 11) is 0. The molecule has 0 amide bonds. The van der Waals surface area contributed by atoms with Crippen LogP contribution >= 0.6 is 0 Å². The van der Waals surface area contributed by atoms with Crippen molar-refractivity contribution in [2.24, 2.45) is 22.7 Å². The normalized spacial score (nSPS) is 15.0. The van der Waals surface area contributed by atoms with Gasteiger partial charge in [0.25, 0.3) is 0 Å². The fraction of sp³-hybridized carbons (Fsp3) is 0.824. The van der Waals surface area contributed by atoms with Crippen molar-refractivity contribution in [3.63, 3.8) is 0 Å². The van der Waals surface area contributed by atoms with Gasteiger partial charge in [0.2, 0.25) is 0 Å². The maximum absolute atomic E-state index is 12.8. The van der Waals surface area contributed by atoms with Crippen LogP contribution in [-0.2, 0) is 4.79 Å². The Labute approximate surface area is 124 Å². The summed E-state index contributed by atoms with van der Waals surface area (Å²) in [6.45, 7) is 12.0. The zero-order valence-corrected chi connectivity index (χ0v) is 13.8. The van der Waals surface area contributed by atoms with E-state index in [9.17, 15) is 15.3 Å². The number of nitriles is 2. The summed E-state index contributed by atoms with van der Waals surface area (Å²) in [6.07, 6.45) is 3.06. The van der Waals surface area contributed by atoms with Crippen LogP contribution in [0.4, 0.5) is 0 Å². The minimum absolute atomic E-state index is 0.188. The summed E-state index contributed by atoms with van der Waals surface area (Å²) in [4.78, 5) is 12.8. The van der Waals surface area contributed by atoms with Crippen molar-refractivity contribution in [3.05, 3.63) is 0 Å². The first-order chi connectivity index (χ1) is 9.29. The number of hydrogen-bond donors (Lipinski definition) is 0. The molecule has 0 saturated carbocycles. The predicted molar refractivity (Wildman–Crippen MR) is 80.6 cm³/mol. The highest BCUT2D eigenvalue weighted by Crippen LogP contribution is 2.42. The number of rotatable bonds is 8. The van der Waals surface area contributed by atoms with E-state index in [-0.39, 0.29) is 16.6 Å². The molecule has 0 aromatic heterocycles. The SMILES string of the molecule is CCC(C)(CC)C(C#N)C(=O)C(C#N)C(C)(CC)CC. The van der Waals surface area contributed by atoms with Crippen LogP contribution < -0.4 is 0 Å². The van der Waals surface area contributed by atoms with E-state index < -0.39 is 11.8 Å². The molecule has 0 fully saturated rings. The minimum atomic E-state index is -0.695. The van der Waals surface area contributed by atoms with Crippen molar-refractivity contribution in [3.8, 4) is 12.1 Å². The maximum atomic E-state index is 12.8. The van der Waals surface area contributed by atoms with Crippen LogP contribution in [-0.4, -0.2) is 5.78 Å². The zero-order chi connectivity index (χ0) is 16.0. The molecule has 20 heavy (non-hydrogen) atoms. The fourth-order valence-corrected chi connectivity index (χ4v) is 2.61. The van der Waals surface area contributed by atoms with Crippen molar-refractivity contribution in [1.29, 1.82) is 10.5 Å². The van der Waals surface area contributed by atoms with Gasteiger partial charge < -0.3 is 0 Å². The maximum Gasteiger partial charge on any atom is 0.168 e. The van der Waals surface area contributed by atoms with Gasteiger partial charge in [-0.25, -0.2) is 0 Å². The summed E-state index contributed by atoms with van der Waals surface area (Å²) in [5.41, 5.74) is -0.688. The molecule has 3 heteroatoms. The molecule has 0 aliphatic rings. The number of ketones is 1. The highest BCUT2D eigenvalue weighted by Gasteiger charge is 2.45. The molecule has 3 nitrogen and oxygen atoms in total. The van der Waals surface area contributed by atoms with E-state index in [0.717, 1.165) is 25.7 Å². The van der Waals surface area contributed by atoms with Crippen LogP contribution in [0.5, 0.6) is 0 Å². The predicted octanol–water partition coefficient (Wildman–Crippen LogP) is 4.49. The van der Waals surface area contributed by atoms with E-state index >= 15 is 0 Å². The Hall–Kier alpha value is -1.35. The van der Waals surface area contributed by atoms with Crippen molar-refractivity contribution in [2.45, 2.75) is 67.2 Å². The number of carbonyl (C=O) groups is 1. The monoisotopic (exact) mass is 276 g/mol. The first-order valence-corrected chi connectivity index (χ1v) is 7.63. The lowest BCUT2D eigenvalue weighted by atomic mass is 9.64. The van der Waals surface area contributed by atoms with Gasteiger partial charge in [-0.2, -0.15) is 10.5 Å². The van der Waals surface area contributed by atoms with E-state index in [2.05, 4.69) is 12.1 Å². The number of hydrogen-bond acceptors (Lipinski definition) is 3. The number of nitrogens with zero attached hydrogens (tertiary/aromatic N) is 2. The highest BCUT2D eigenvalue weighted by molar-refractivity contribution is 5.89. The van der Waals surface area contributed by atoms with Crippen molar-refractivity contribution in [2.75, 3.05) is 0 Å². The topological polar surface area (TPSA) is 64.7 Å². The van der Waals surface area contributed by atoms with E-state index in [1.54, 1.807) is 0 Å². The molecule has 0 rings (SSSR count). The summed E-state index contributed by atoms with van der Waals surface area (Å²) in [6, 6.07) is 4.36. The Morgan fingerprint density at radius 3 is 1.25 bits per heavy atom. The molecule has 0 bridgehead atoms. The first kappa shape index (κ1) is 18.7. The van der Waals surface area contributed by atoms with Crippen molar-refractivity contribution in [1.82, 2.24) is 0 Å². The molecule has 0 N–H and O–H groups in total. The lowest BCUT2D eigenvalue weighted by molar-refractivity contribution is -0.130. The molecule has 0 aromatic carbocycles. The third kappa shape index (κ3) is 3.40. The Morgan fingerprint density at radius 2 is 1.10 bits per heavy atom. The smallest absolute Gasteiger partial charge is 0.168 e. The van der Waals surface area contributed by atoms with Gasteiger partial charge in [-0.1, -0.05) is 41.5 Å². The Balaban J connectivity index is 5.60. The van der Waals surface area contributed by atoms with E-state index in [1.807, 2.05) is 41.5 Å². The molecule has 0 spiro atoms. The van der Waals surface area contributed by atoms with Gasteiger partial charge in [0.15, 0.2) is 5.78 Å². The molecular formula is C17H28N2O. The second kappa shape index (κ2) is 7.44. The van der Waals surface area contributed by atoms with Crippen LogP contribution in [0, 0.1) is 45.3 Å². The van der Waals surface area contributed by atoms with Crippen molar-refractivity contribution < 1.29 is 4.79 Å². The largest absolute Gasteiger partial charge is 0.297 e. The Kier molecular flexibility index (Phi) is 6.94. The van der Waals surface area contributed by atoms with Crippen LogP contribution in [0.3, 0.4) is 0 Å². The molecular weight excluding hydrogens is 248 g/mol. The second-order valence-corrected chi connectivity index (χ2v) is 6.25. The minimum Gasteiger partial charge on any atom is -0.297 e. The lowest BCUT2D eigenvalue weighted by Crippen LogP contribution is -2.41. The fourth-order valence-electron chi connectivity index (χ4n) is 2.61. The van der Waals surface area contributed by atoms with Crippen molar-refractivity contribution >= 4 is 5.78 Å². The van der Waals surface area contributed by atoms with E-state index in [4.69, 9.17) is 0 Å². The molecule has 0 aliphatic carbocycles. The lowest BCUT2D eigenvalue weighted by Gasteiger charge is -2.36. The van der Waals surface area contributed by atoms with Gasteiger partial charge in [0.05, 0.1) is 12.1 Å². The molecule has 2 atom stereocenters. The van der Waals surface area contributed by atoms with Gasteiger partial charge in [-0.3, -0.25) is 4.79 Å². The van der Waals surface area contributed by atoms with Gasteiger partial charge in [0, 0.05) is 0 Å². The first-order valence-electron chi connectivity index (χ1n) is 7.63. The zero-order valence-electron chi connectivity index (χ0n) is 13.8. The molecule has 2 unspecified atom stereocenters. The van der Waals surface area contributed by atoms with Crippen LogP contribution in [0.2, 0.25) is 0 Å². The number of carbonyl (C=O) groups excluding carboxylic acids is 1. The van der Waals surface area contributed by atoms with E-state index in [0.29, 0.717) is 0 Å². The quantitative estimate of drug-likeness (QED) is 0.656. The van der Waals surface area contributed by atoms with Crippen LogP contribution in [0.15, 0.2) is 0 Å². The molecule has 0 radical (unpaired) electrons. The Bertz CT molecular complexity index is 368. The highest BCUT2D eigenvalue weighted by atomic mass is 16.1. The Morgan fingerprint density at radius 1 is 0.850 bits per heavy atom. The second-order valence-electron chi connectivity index (χ2n) is 6.25. The molecule has 0 aromatic rings. The average Bonchev–Trinajstić information content (AvgIpc) is 2.47. The van der Waals surface area contributed by atoms with Crippen LogP contribution in [0.1, 0.15) is 67.2 Å². The van der Waals surface area contributed by atoms with Gasteiger partial charge in [-0.05, 0) is 36.5 Å². The third-order valence-electron chi connectivity index (χ3n) is 5.45. The summed E-state index contributed by atoms with van der Waals surface area (Å²) in [5, 5.41) is 18.9.